The smallest absolute Gasteiger partial charge is 0.252 e. The zero-order chi connectivity index (χ0) is 32.5. The van der Waals surface area contributed by atoms with Crippen molar-refractivity contribution in [2.75, 3.05) is 19.7 Å². The van der Waals surface area contributed by atoms with Crippen molar-refractivity contribution in [1.29, 1.82) is 0 Å². The van der Waals surface area contributed by atoms with Crippen molar-refractivity contribution in [3.05, 3.63) is 106 Å². The Bertz CT molecular complexity index is 1670. The average molecular weight is 640 g/mol. The van der Waals surface area contributed by atoms with Gasteiger partial charge in [-0.2, -0.15) is 4.39 Å². The molecule has 2 atom stereocenters. The highest BCUT2D eigenvalue weighted by atomic mass is 19.2. The summed E-state index contributed by atoms with van der Waals surface area (Å²) in [7, 11) is 0. The van der Waals surface area contributed by atoms with Gasteiger partial charge in [-0.1, -0.05) is 36.4 Å². The summed E-state index contributed by atoms with van der Waals surface area (Å²) in [5.74, 6) is -6.53. The first-order valence-electron chi connectivity index (χ1n) is 15.4. The predicted octanol–water partition coefficient (Wildman–Crippen LogP) is 5.93. The summed E-state index contributed by atoms with van der Waals surface area (Å²) >= 11 is 0. The van der Waals surface area contributed by atoms with Gasteiger partial charge in [0.25, 0.3) is 5.91 Å². The highest BCUT2D eigenvalue weighted by Crippen LogP contribution is 2.38. The minimum absolute atomic E-state index is 0.0204. The topological polar surface area (TPSA) is 61.9 Å². The molecule has 3 aromatic rings. The maximum absolute atomic E-state index is 14.7. The molecule has 0 spiro atoms. The van der Waals surface area contributed by atoms with Crippen LogP contribution in [0.1, 0.15) is 49.3 Å². The number of benzene rings is 3. The Kier molecular flexibility index (Phi) is 9.13. The molecule has 242 valence electrons. The van der Waals surface area contributed by atoms with Crippen LogP contribution in [0.2, 0.25) is 0 Å². The molecule has 2 heterocycles. The van der Waals surface area contributed by atoms with E-state index in [1.54, 1.807) is 9.80 Å². The van der Waals surface area contributed by atoms with Crippen molar-refractivity contribution in [1.82, 2.24) is 15.1 Å². The van der Waals surface area contributed by atoms with Crippen LogP contribution in [0, 0.1) is 29.1 Å². The van der Waals surface area contributed by atoms with Gasteiger partial charge in [0.05, 0.1) is 12.6 Å². The molecule has 1 N–H and O–H groups in total. The fourth-order valence-corrected chi connectivity index (χ4v) is 6.35. The first-order chi connectivity index (χ1) is 22.1. The Morgan fingerprint density at radius 1 is 0.913 bits per heavy atom. The van der Waals surface area contributed by atoms with Crippen molar-refractivity contribution in [2.24, 2.45) is 0 Å². The fraction of sp³-hybridized carbons (Fsp3) is 0.371. The van der Waals surface area contributed by atoms with Crippen LogP contribution >= 0.6 is 0 Å². The molecule has 2 bridgehead atoms. The van der Waals surface area contributed by atoms with Crippen molar-refractivity contribution in [2.45, 2.75) is 63.7 Å². The summed E-state index contributed by atoms with van der Waals surface area (Å²) in [6.07, 6.45) is 2.97. The SMILES string of the molecule is CC(=O)N1C[C@H]2CC(c3ccc(CCCOc4c(F)ccc(F)c4F)cc3)=C(C(=O)N(Cc3cccc(F)c3F)C3CC3)[C@@H](C1)N2. The highest BCUT2D eigenvalue weighted by molar-refractivity contribution is 6.03. The normalized spacial score (nSPS) is 19.3. The molecule has 2 aliphatic heterocycles. The number of nitrogens with zero attached hydrogens (tertiary/aromatic N) is 2. The number of carbonyl (C=O) groups is 2. The van der Waals surface area contributed by atoms with Gasteiger partial charge in [-0.15, -0.1) is 0 Å². The summed E-state index contributed by atoms with van der Waals surface area (Å²) in [5, 5.41) is 3.51. The number of hydrogen-bond donors (Lipinski definition) is 1. The van der Waals surface area contributed by atoms with Crippen LogP contribution in [-0.4, -0.2) is 59.4 Å². The first kappa shape index (κ1) is 31.7. The molecule has 3 aliphatic rings. The largest absolute Gasteiger partial charge is 0.488 e. The second-order valence-electron chi connectivity index (χ2n) is 12.1. The molecule has 46 heavy (non-hydrogen) atoms. The number of nitrogens with one attached hydrogen (secondary N) is 1. The first-order valence-corrected chi connectivity index (χ1v) is 15.4. The van der Waals surface area contributed by atoms with Crippen molar-refractivity contribution in [3.63, 3.8) is 0 Å². The molecule has 6 rings (SSSR count). The fourth-order valence-electron chi connectivity index (χ4n) is 6.35. The predicted molar refractivity (Wildman–Crippen MR) is 161 cm³/mol. The van der Waals surface area contributed by atoms with Crippen molar-refractivity contribution >= 4 is 17.4 Å². The van der Waals surface area contributed by atoms with Crippen molar-refractivity contribution in [3.8, 4) is 5.75 Å². The zero-order valence-electron chi connectivity index (χ0n) is 25.3. The standard InChI is InChI=1S/C35H34F5N3O3/c1-20(44)42-18-24-16-26(22-9-7-21(8-10-22)4-3-15-46-34-29(38)14-13-28(37)33(34)40)31(30(19-42)41-24)35(45)43(25-11-12-25)17-23-5-2-6-27(36)32(23)39/h2,5-10,13-14,24-25,30,41H,3-4,11-12,15-19H2,1H3/t24-,30-/m1/s1. The lowest BCUT2D eigenvalue weighted by Crippen LogP contribution is -2.61. The molecule has 0 radical (unpaired) electrons. The Morgan fingerprint density at radius 3 is 2.35 bits per heavy atom. The minimum Gasteiger partial charge on any atom is -0.488 e. The van der Waals surface area contributed by atoms with E-state index >= 15 is 0 Å². The number of carbonyl (C=O) groups excluding carboxylic acids is 2. The van der Waals surface area contributed by atoms with E-state index in [0.717, 1.165) is 41.7 Å². The number of amides is 2. The summed E-state index contributed by atoms with van der Waals surface area (Å²) in [6, 6.07) is 12.6. The number of aryl methyl sites for hydroxylation is 1. The van der Waals surface area contributed by atoms with Gasteiger partial charge < -0.3 is 19.9 Å². The van der Waals surface area contributed by atoms with Gasteiger partial charge in [-0.3, -0.25) is 9.59 Å². The lowest BCUT2D eigenvalue weighted by Gasteiger charge is -2.44. The van der Waals surface area contributed by atoms with Crippen LogP contribution in [0.5, 0.6) is 5.75 Å². The molecular weight excluding hydrogens is 605 g/mol. The second-order valence-corrected chi connectivity index (χ2v) is 12.1. The van der Waals surface area contributed by atoms with E-state index in [2.05, 4.69) is 5.32 Å². The summed E-state index contributed by atoms with van der Waals surface area (Å²) in [5.41, 5.74) is 3.24. The summed E-state index contributed by atoms with van der Waals surface area (Å²) in [6.45, 7) is 2.23. The van der Waals surface area contributed by atoms with E-state index < -0.39 is 40.9 Å². The lowest BCUT2D eigenvalue weighted by molar-refractivity contribution is -0.132. The Labute approximate surface area is 263 Å². The molecule has 1 saturated heterocycles. The molecule has 1 saturated carbocycles. The lowest BCUT2D eigenvalue weighted by atomic mass is 9.82. The van der Waals surface area contributed by atoms with Gasteiger partial charge >= 0.3 is 0 Å². The van der Waals surface area contributed by atoms with Gasteiger partial charge in [-0.25, -0.2) is 17.6 Å². The van der Waals surface area contributed by atoms with Gasteiger partial charge in [0.1, 0.15) is 0 Å². The third-order valence-corrected chi connectivity index (χ3v) is 8.86. The molecule has 1 aliphatic carbocycles. The van der Waals surface area contributed by atoms with Crippen LogP contribution in [0.4, 0.5) is 22.0 Å². The van der Waals surface area contributed by atoms with Gasteiger partial charge in [0, 0.05) is 49.8 Å². The summed E-state index contributed by atoms with van der Waals surface area (Å²) in [4.78, 5) is 30.1. The van der Waals surface area contributed by atoms with Crippen LogP contribution < -0.4 is 10.1 Å². The van der Waals surface area contributed by atoms with Crippen LogP contribution in [0.25, 0.3) is 5.57 Å². The third kappa shape index (κ3) is 6.65. The zero-order valence-corrected chi connectivity index (χ0v) is 25.3. The molecular formula is C35H34F5N3O3. The van der Waals surface area contributed by atoms with E-state index in [1.807, 2.05) is 24.3 Å². The monoisotopic (exact) mass is 639 g/mol. The van der Waals surface area contributed by atoms with E-state index in [0.29, 0.717) is 44.0 Å². The summed E-state index contributed by atoms with van der Waals surface area (Å²) < 4.78 is 75.1. The number of rotatable bonds is 10. The van der Waals surface area contributed by atoms with E-state index in [1.165, 1.54) is 19.1 Å². The van der Waals surface area contributed by atoms with E-state index in [-0.39, 0.29) is 42.6 Å². The maximum Gasteiger partial charge on any atom is 0.252 e. The number of halogens is 5. The number of piperazine rings is 1. The van der Waals surface area contributed by atoms with Crippen LogP contribution in [0.15, 0.2) is 60.2 Å². The molecule has 3 aromatic carbocycles. The molecule has 2 fully saturated rings. The van der Waals surface area contributed by atoms with E-state index in [4.69, 9.17) is 4.74 Å². The number of fused-ring (bicyclic) bond motifs is 2. The van der Waals surface area contributed by atoms with Crippen LogP contribution in [0.3, 0.4) is 0 Å². The van der Waals surface area contributed by atoms with Gasteiger partial charge in [0.15, 0.2) is 29.0 Å². The average Bonchev–Trinajstić information content (AvgIpc) is 3.88. The number of hydrogen-bond acceptors (Lipinski definition) is 4. The second kappa shape index (κ2) is 13.2. The highest BCUT2D eigenvalue weighted by Gasteiger charge is 2.43. The van der Waals surface area contributed by atoms with Gasteiger partial charge in [0.2, 0.25) is 11.7 Å². The quantitative estimate of drug-likeness (QED) is 0.170. The molecule has 11 heteroatoms. The Balaban J connectivity index is 1.24. The number of ether oxygens (including phenoxy) is 1. The van der Waals surface area contributed by atoms with Gasteiger partial charge in [-0.05, 0) is 67.0 Å². The molecule has 0 unspecified atom stereocenters. The minimum atomic E-state index is -1.36. The van der Waals surface area contributed by atoms with Crippen LogP contribution in [-0.2, 0) is 22.6 Å². The molecule has 6 nitrogen and oxygen atoms in total. The Morgan fingerprint density at radius 2 is 1.63 bits per heavy atom. The maximum atomic E-state index is 14.7. The van der Waals surface area contributed by atoms with Crippen molar-refractivity contribution < 1.29 is 36.3 Å². The Hall–Kier alpha value is -4.25. The third-order valence-electron chi connectivity index (χ3n) is 8.86. The molecule has 0 aromatic heterocycles. The molecule has 2 amide bonds. The van der Waals surface area contributed by atoms with E-state index in [9.17, 15) is 31.5 Å².